The highest BCUT2D eigenvalue weighted by Gasteiger charge is 2.42. The maximum absolute atomic E-state index is 12.4. The minimum atomic E-state index is -5.44. The summed E-state index contributed by atoms with van der Waals surface area (Å²) in [6.07, 6.45) is -3.54. The molecule has 1 atom stereocenters. The van der Waals surface area contributed by atoms with Crippen LogP contribution in [0, 0.1) is 17.0 Å². The number of anilines is 1. The lowest BCUT2D eigenvalue weighted by Crippen LogP contribution is -2.39. The first-order chi connectivity index (χ1) is 18.8. The van der Waals surface area contributed by atoms with Crippen LogP contribution in [0.15, 0.2) is 36.5 Å². The van der Waals surface area contributed by atoms with Crippen LogP contribution in [0.5, 0.6) is 0 Å². The Morgan fingerprint density at radius 3 is 2.50 bits per heavy atom. The van der Waals surface area contributed by atoms with Crippen LogP contribution in [-0.4, -0.2) is 52.9 Å². The van der Waals surface area contributed by atoms with Crippen molar-refractivity contribution >= 4 is 46.9 Å². The third-order valence-corrected chi connectivity index (χ3v) is 5.53. The highest BCUT2D eigenvalue weighted by atomic mass is 35.5. The van der Waals surface area contributed by atoms with Crippen LogP contribution in [0.3, 0.4) is 0 Å². The van der Waals surface area contributed by atoms with Gasteiger partial charge < -0.3 is 20.7 Å². The van der Waals surface area contributed by atoms with Crippen LogP contribution in [0.2, 0.25) is 5.02 Å². The molecule has 12 nitrogen and oxygen atoms in total. The fourth-order valence-electron chi connectivity index (χ4n) is 3.28. The quantitative estimate of drug-likeness (QED) is 0.104. The van der Waals surface area contributed by atoms with E-state index in [1.165, 1.54) is 6.07 Å². The molecule has 2 rings (SSSR count). The number of rotatable bonds is 13. The maximum atomic E-state index is 12.4. The second-order valence-corrected chi connectivity index (χ2v) is 8.84. The first kappa shape index (κ1) is 31.9. The number of pyridine rings is 1. The molecule has 0 radical (unpaired) electrons. The molecular weight excluding hydrogens is 563 g/mol. The van der Waals surface area contributed by atoms with Gasteiger partial charge in [0.15, 0.2) is 0 Å². The van der Waals surface area contributed by atoms with Crippen molar-refractivity contribution in [3.05, 3.63) is 62.8 Å². The van der Waals surface area contributed by atoms with Gasteiger partial charge in [-0.1, -0.05) is 17.7 Å². The Kier molecular flexibility index (Phi) is 11.8. The van der Waals surface area contributed by atoms with E-state index in [2.05, 4.69) is 25.7 Å². The molecule has 1 unspecified atom stereocenters. The Labute approximate surface area is 230 Å². The molecule has 1 aromatic carbocycles. The van der Waals surface area contributed by atoms with Crippen molar-refractivity contribution in [3.63, 3.8) is 0 Å². The molecule has 2 amide bonds. The average molecular weight is 588 g/mol. The molecule has 0 aliphatic carbocycles. The van der Waals surface area contributed by atoms with E-state index in [1.807, 2.05) is 19.1 Å². The molecule has 16 heteroatoms. The Bertz CT molecular complexity index is 1260. The highest BCUT2D eigenvalue weighted by Crippen LogP contribution is 2.29. The van der Waals surface area contributed by atoms with Crippen molar-refractivity contribution in [1.82, 2.24) is 15.6 Å². The normalized spacial score (nSPS) is 11.7. The van der Waals surface area contributed by atoms with Gasteiger partial charge in [0, 0.05) is 25.2 Å². The number of nitrogens with zero attached hydrogens (tertiary/aromatic N) is 2. The van der Waals surface area contributed by atoms with Crippen LogP contribution in [0.25, 0.3) is 0 Å². The molecule has 0 aliphatic heterocycles. The molecule has 0 bridgehead atoms. The molecule has 1 aromatic heterocycles. The molecular formula is C24H25ClF3N5O7. The zero-order valence-electron chi connectivity index (χ0n) is 21.0. The van der Waals surface area contributed by atoms with Crippen LogP contribution >= 0.6 is 11.6 Å². The van der Waals surface area contributed by atoms with Gasteiger partial charge in [-0.05, 0) is 49.1 Å². The van der Waals surface area contributed by atoms with E-state index < -0.39 is 59.5 Å². The summed E-state index contributed by atoms with van der Waals surface area (Å²) >= 11 is 5.76. The molecule has 0 spiro atoms. The molecule has 0 aliphatic rings. The van der Waals surface area contributed by atoms with Gasteiger partial charge in [-0.2, -0.15) is 13.2 Å². The smallest absolute Gasteiger partial charge is 0.386 e. The number of hydrogen-bond acceptors (Lipinski definition) is 9. The lowest BCUT2D eigenvalue weighted by Gasteiger charge is -2.19. The molecule has 3 N–H and O–H groups in total. The third kappa shape index (κ3) is 10.8. The summed E-state index contributed by atoms with van der Waals surface area (Å²) in [5, 5.41) is 18.7. The largest absolute Gasteiger partial charge is 0.491 e. The summed E-state index contributed by atoms with van der Waals surface area (Å²) in [4.78, 5) is 62.0. The topological polar surface area (TPSA) is 170 Å². The van der Waals surface area contributed by atoms with E-state index in [9.17, 15) is 42.5 Å². The number of aryl methyl sites for hydroxylation is 1. The highest BCUT2D eigenvalue weighted by molar-refractivity contribution is 6.32. The number of carbonyl (C=O) groups is 4. The van der Waals surface area contributed by atoms with Crippen molar-refractivity contribution in [2.45, 2.75) is 44.8 Å². The minimum Gasteiger partial charge on any atom is -0.386 e. The number of unbranched alkanes of at least 4 members (excludes halogenated alkanes) is 1. The van der Waals surface area contributed by atoms with Gasteiger partial charge in [0.2, 0.25) is 11.8 Å². The zero-order chi connectivity index (χ0) is 29.9. The summed E-state index contributed by atoms with van der Waals surface area (Å²) in [6, 6.07) is 5.47. The monoisotopic (exact) mass is 587 g/mol. The number of nitro benzene ring substituents is 1. The van der Waals surface area contributed by atoms with Gasteiger partial charge in [0.05, 0.1) is 23.9 Å². The Hall–Kier alpha value is -4.27. The predicted octanol–water partition coefficient (Wildman–Crippen LogP) is 3.53. The first-order valence-electron chi connectivity index (χ1n) is 11.7. The summed E-state index contributed by atoms with van der Waals surface area (Å²) in [7, 11) is 0. The first-order valence-corrected chi connectivity index (χ1v) is 12.1. The number of halogens is 4. The molecule has 1 heterocycles. The maximum Gasteiger partial charge on any atom is 0.491 e. The van der Waals surface area contributed by atoms with Crippen LogP contribution in [-0.2, 0) is 23.9 Å². The molecule has 2 aromatic rings. The van der Waals surface area contributed by atoms with E-state index in [4.69, 9.17) is 11.6 Å². The van der Waals surface area contributed by atoms with E-state index in [-0.39, 0.29) is 17.0 Å². The predicted molar refractivity (Wildman–Crippen MR) is 135 cm³/mol. The van der Waals surface area contributed by atoms with E-state index in [0.29, 0.717) is 25.2 Å². The Balaban J connectivity index is 1.92. The minimum absolute atomic E-state index is 0.0808. The molecule has 216 valence electrons. The standard InChI is InChI=1S/C24H25ClF3N5O7/c1-14-7-9-30-19(10-14)29-8-3-2-4-20(34)31-13-21(35)32-17(12-22(36)40-23(37)24(26,27)28)15-5-6-16(25)18(11-15)33(38)39/h5-7,9-11,17H,2-4,8,12-13H2,1H3,(H,29,30)(H,31,34)(H,32,35). The number of amides is 2. The lowest BCUT2D eigenvalue weighted by molar-refractivity contribution is -0.384. The number of esters is 2. The van der Waals surface area contributed by atoms with E-state index in [0.717, 1.165) is 17.7 Å². The average Bonchev–Trinajstić information content (AvgIpc) is 2.86. The second kappa shape index (κ2) is 14.8. The number of nitrogens with one attached hydrogen (secondary N) is 3. The number of hydrogen-bond donors (Lipinski definition) is 3. The van der Waals surface area contributed by atoms with Gasteiger partial charge in [0.25, 0.3) is 5.69 Å². The number of alkyl halides is 3. The van der Waals surface area contributed by atoms with Gasteiger partial charge in [0.1, 0.15) is 10.8 Å². The van der Waals surface area contributed by atoms with Crippen molar-refractivity contribution in [1.29, 1.82) is 0 Å². The Morgan fingerprint density at radius 1 is 1.12 bits per heavy atom. The summed E-state index contributed by atoms with van der Waals surface area (Å²) < 4.78 is 41.1. The SMILES string of the molecule is Cc1ccnc(NCCCCC(=O)NCC(=O)NC(CC(=O)OC(=O)C(F)(F)F)c2ccc(Cl)c([N+](=O)[O-])c2)c1. The molecule has 0 saturated heterocycles. The Morgan fingerprint density at radius 2 is 1.85 bits per heavy atom. The van der Waals surface area contributed by atoms with Crippen molar-refractivity contribution in [2.75, 3.05) is 18.4 Å². The van der Waals surface area contributed by atoms with Gasteiger partial charge in [-0.25, -0.2) is 9.78 Å². The van der Waals surface area contributed by atoms with Crippen molar-refractivity contribution < 1.29 is 42.0 Å². The van der Waals surface area contributed by atoms with Crippen LogP contribution in [0.1, 0.15) is 42.9 Å². The van der Waals surface area contributed by atoms with Gasteiger partial charge >= 0.3 is 18.1 Å². The van der Waals surface area contributed by atoms with Gasteiger partial charge in [-0.15, -0.1) is 0 Å². The number of benzene rings is 1. The van der Waals surface area contributed by atoms with Crippen molar-refractivity contribution in [2.24, 2.45) is 0 Å². The molecule has 0 fully saturated rings. The molecule has 0 saturated carbocycles. The summed E-state index contributed by atoms with van der Waals surface area (Å²) in [5.41, 5.74) is 0.361. The summed E-state index contributed by atoms with van der Waals surface area (Å²) in [5.74, 6) is -5.03. The number of nitro groups is 1. The number of aromatic nitrogens is 1. The van der Waals surface area contributed by atoms with E-state index in [1.54, 1.807) is 6.20 Å². The third-order valence-electron chi connectivity index (χ3n) is 5.21. The van der Waals surface area contributed by atoms with Crippen molar-refractivity contribution in [3.8, 4) is 0 Å². The fraction of sp³-hybridized carbons (Fsp3) is 0.375. The second-order valence-electron chi connectivity index (χ2n) is 8.43. The fourth-order valence-corrected chi connectivity index (χ4v) is 3.47. The zero-order valence-corrected chi connectivity index (χ0v) is 21.8. The number of ether oxygens (including phenoxy) is 1. The van der Waals surface area contributed by atoms with Gasteiger partial charge in [-0.3, -0.25) is 24.5 Å². The summed E-state index contributed by atoms with van der Waals surface area (Å²) in [6.45, 7) is 1.93. The lowest BCUT2D eigenvalue weighted by atomic mass is 10.0. The van der Waals surface area contributed by atoms with E-state index >= 15 is 0 Å². The number of carbonyl (C=O) groups excluding carboxylic acids is 4. The molecule has 40 heavy (non-hydrogen) atoms. The van der Waals surface area contributed by atoms with Crippen LogP contribution < -0.4 is 16.0 Å². The van der Waals surface area contributed by atoms with Crippen LogP contribution in [0.4, 0.5) is 24.7 Å².